The fraction of sp³-hybridized carbons (Fsp3) is 0.462. The molecule has 0 bridgehead atoms. The summed E-state index contributed by atoms with van der Waals surface area (Å²) in [5.41, 5.74) is 7.40. The summed E-state index contributed by atoms with van der Waals surface area (Å²) < 4.78 is 2.64. The minimum Gasteiger partial charge on any atom is -0.711 e. The molecule has 6 heteroatoms. The van der Waals surface area contributed by atoms with Crippen LogP contribution in [0.5, 0.6) is 0 Å². The standard InChI is InChI=1S/C13H15N5O/c14-6-9-4-12-13(18(19)7-9)17(8-16-12)11-3-1-2-10(15)5-11/h4,7-8,10-11H,1-3,5,15H2/t10-,11+/m1/s1. The summed E-state index contributed by atoms with van der Waals surface area (Å²) in [4.78, 5) is 4.24. The highest BCUT2D eigenvalue weighted by atomic mass is 16.5. The lowest BCUT2D eigenvalue weighted by Crippen LogP contribution is -2.33. The average molecular weight is 257 g/mol. The van der Waals surface area contributed by atoms with Crippen molar-refractivity contribution in [2.45, 2.75) is 37.8 Å². The molecular formula is C13H15N5O. The largest absolute Gasteiger partial charge is 0.711 e. The van der Waals surface area contributed by atoms with Crippen LogP contribution in [0.25, 0.3) is 11.2 Å². The van der Waals surface area contributed by atoms with Crippen LogP contribution in [0, 0.1) is 16.5 Å². The smallest absolute Gasteiger partial charge is 0.312 e. The molecule has 0 aromatic carbocycles. The number of aromatic nitrogens is 3. The number of hydrogen-bond donors (Lipinski definition) is 1. The van der Waals surface area contributed by atoms with Gasteiger partial charge < -0.3 is 10.9 Å². The third kappa shape index (κ3) is 2.02. The summed E-state index contributed by atoms with van der Waals surface area (Å²) >= 11 is 0. The maximum atomic E-state index is 12.0. The summed E-state index contributed by atoms with van der Waals surface area (Å²) in [6, 6.07) is 4.02. The molecule has 2 aromatic rings. The number of hydrogen-bond acceptors (Lipinski definition) is 4. The monoisotopic (exact) mass is 257 g/mol. The lowest BCUT2D eigenvalue weighted by Gasteiger charge is -2.24. The van der Waals surface area contributed by atoms with Gasteiger partial charge in [0.15, 0.2) is 11.8 Å². The van der Waals surface area contributed by atoms with E-state index in [9.17, 15) is 5.21 Å². The van der Waals surface area contributed by atoms with Crippen molar-refractivity contribution in [1.29, 1.82) is 5.26 Å². The summed E-state index contributed by atoms with van der Waals surface area (Å²) in [7, 11) is 0. The molecule has 0 saturated heterocycles. The van der Waals surface area contributed by atoms with Gasteiger partial charge in [-0.2, -0.15) is 5.26 Å². The molecule has 0 spiro atoms. The molecule has 1 aliphatic rings. The third-order valence-corrected chi connectivity index (χ3v) is 3.76. The average Bonchev–Trinajstić information content (AvgIpc) is 2.83. The van der Waals surface area contributed by atoms with Gasteiger partial charge in [0, 0.05) is 12.5 Å². The number of imidazole rings is 1. The second-order valence-corrected chi connectivity index (χ2v) is 5.11. The van der Waals surface area contributed by atoms with Crippen LogP contribution in [0.4, 0.5) is 0 Å². The van der Waals surface area contributed by atoms with Gasteiger partial charge in [0.25, 0.3) is 0 Å². The van der Waals surface area contributed by atoms with Crippen molar-refractivity contribution in [2.24, 2.45) is 5.73 Å². The van der Waals surface area contributed by atoms with E-state index in [1.54, 1.807) is 12.4 Å². The molecule has 19 heavy (non-hydrogen) atoms. The molecule has 2 aromatic heterocycles. The normalized spacial score (nSPS) is 23.4. The molecule has 98 valence electrons. The number of pyridine rings is 1. The highest BCUT2D eigenvalue weighted by molar-refractivity contribution is 5.69. The first kappa shape index (κ1) is 11.9. The van der Waals surface area contributed by atoms with Crippen molar-refractivity contribution in [2.75, 3.05) is 0 Å². The minimum atomic E-state index is 0.190. The van der Waals surface area contributed by atoms with Crippen LogP contribution in [-0.4, -0.2) is 15.6 Å². The van der Waals surface area contributed by atoms with Crippen LogP contribution in [0.1, 0.15) is 37.3 Å². The molecule has 1 saturated carbocycles. The molecule has 2 N–H and O–H groups in total. The fourth-order valence-electron chi connectivity index (χ4n) is 2.85. The van der Waals surface area contributed by atoms with E-state index in [-0.39, 0.29) is 12.1 Å². The van der Waals surface area contributed by atoms with Gasteiger partial charge in [-0.3, -0.25) is 0 Å². The molecule has 2 atom stereocenters. The van der Waals surface area contributed by atoms with Crippen LogP contribution in [0.3, 0.4) is 0 Å². The van der Waals surface area contributed by atoms with Crippen LogP contribution < -0.4 is 10.5 Å². The van der Waals surface area contributed by atoms with E-state index in [0.717, 1.165) is 30.4 Å². The van der Waals surface area contributed by atoms with Gasteiger partial charge >= 0.3 is 5.65 Å². The second-order valence-electron chi connectivity index (χ2n) is 5.11. The van der Waals surface area contributed by atoms with Gasteiger partial charge in [-0.15, -0.1) is 0 Å². The van der Waals surface area contributed by atoms with E-state index in [0.29, 0.717) is 16.7 Å². The van der Waals surface area contributed by atoms with E-state index in [2.05, 4.69) is 4.98 Å². The Kier molecular flexibility index (Phi) is 2.84. The Labute approximate surface area is 110 Å². The molecule has 2 heterocycles. The number of nitrogens with two attached hydrogens (primary N) is 1. The Morgan fingerprint density at radius 3 is 3.11 bits per heavy atom. The number of nitrogens with zero attached hydrogens (tertiary/aromatic N) is 4. The summed E-state index contributed by atoms with van der Waals surface area (Å²) in [6.07, 6.45) is 6.97. The molecule has 0 unspecified atom stereocenters. The van der Waals surface area contributed by atoms with Gasteiger partial charge in [0.05, 0.1) is 5.56 Å². The zero-order chi connectivity index (χ0) is 13.4. The van der Waals surface area contributed by atoms with Crippen molar-refractivity contribution in [3.05, 3.63) is 29.4 Å². The van der Waals surface area contributed by atoms with Crippen LogP contribution in [0.15, 0.2) is 18.6 Å². The number of fused-ring (bicyclic) bond motifs is 1. The minimum absolute atomic E-state index is 0.190. The van der Waals surface area contributed by atoms with Crippen molar-refractivity contribution in [3.8, 4) is 6.07 Å². The highest BCUT2D eigenvalue weighted by Gasteiger charge is 2.27. The van der Waals surface area contributed by atoms with E-state index >= 15 is 0 Å². The lowest BCUT2D eigenvalue weighted by molar-refractivity contribution is -0.580. The Bertz CT molecular complexity index is 657. The molecule has 6 nitrogen and oxygen atoms in total. The van der Waals surface area contributed by atoms with E-state index in [1.807, 2.05) is 10.6 Å². The summed E-state index contributed by atoms with van der Waals surface area (Å²) in [5.74, 6) is 0. The molecule has 0 amide bonds. The molecule has 3 rings (SSSR count). The SMILES string of the molecule is N#Cc1cc2ncn([C@H]3CCC[C@@H](N)C3)c2[n+]([O-])c1. The Hall–Kier alpha value is -2.13. The van der Waals surface area contributed by atoms with Gasteiger partial charge in [-0.05, 0) is 25.3 Å². The highest BCUT2D eigenvalue weighted by Crippen LogP contribution is 2.29. The number of rotatable bonds is 1. The van der Waals surface area contributed by atoms with Crippen molar-refractivity contribution < 1.29 is 4.73 Å². The predicted octanol–water partition coefficient (Wildman–Crippen LogP) is 0.984. The van der Waals surface area contributed by atoms with Gasteiger partial charge in [-0.25, -0.2) is 14.3 Å². The van der Waals surface area contributed by atoms with Crippen molar-refractivity contribution >= 4 is 11.2 Å². The Balaban J connectivity index is 2.08. The van der Waals surface area contributed by atoms with Gasteiger partial charge in [-0.1, -0.05) is 0 Å². The van der Waals surface area contributed by atoms with Crippen molar-refractivity contribution in [1.82, 2.24) is 9.55 Å². The first-order valence-electron chi connectivity index (χ1n) is 6.44. The van der Waals surface area contributed by atoms with E-state index in [1.165, 1.54) is 6.20 Å². The number of nitriles is 1. The molecule has 0 radical (unpaired) electrons. The van der Waals surface area contributed by atoms with Gasteiger partial charge in [0.1, 0.15) is 18.3 Å². The summed E-state index contributed by atoms with van der Waals surface area (Å²) in [6.45, 7) is 0. The quantitative estimate of drug-likeness (QED) is 0.608. The first-order chi connectivity index (χ1) is 9.19. The molecule has 0 aliphatic heterocycles. The predicted molar refractivity (Wildman–Crippen MR) is 68.9 cm³/mol. The molecular weight excluding hydrogens is 242 g/mol. The fourth-order valence-corrected chi connectivity index (χ4v) is 2.85. The Morgan fingerprint density at radius 1 is 1.53 bits per heavy atom. The summed E-state index contributed by atoms with van der Waals surface area (Å²) in [5, 5.41) is 20.9. The molecule has 1 aliphatic carbocycles. The van der Waals surface area contributed by atoms with E-state index < -0.39 is 0 Å². The zero-order valence-corrected chi connectivity index (χ0v) is 10.5. The van der Waals surface area contributed by atoms with E-state index in [4.69, 9.17) is 11.0 Å². The topological polar surface area (TPSA) is 94.6 Å². The van der Waals surface area contributed by atoms with Crippen LogP contribution in [0.2, 0.25) is 0 Å². The zero-order valence-electron chi connectivity index (χ0n) is 10.5. The first-order valence-corrected chi connectivity index (χ1v) is 6.44. The molecule has 1 fully saturated rings. The van der Waals surface area contributed by atoms with Gasteiger partial charge in [0.2, 0.25) is 0 Å². The third-order valence-electron chi connectivity index (χ3n) is 3.76. The Morgan fingerprint density at radius 2 is 2.37 bits per heavy atom. The van der Waals surface area contributed by atoms with Crippen LogP contribution in [-0.2, 0) is 0 Å². The lowest BCUT2D eigenvalue weighted by atomic mass is 9.91. The maximum absolute atomic E-state index is 12.0. The maximum Gasteiger partial charge on any atom is 0.312 e. The van der Waals surface area contributed by atoms with Crippen molar-refractivity contribution in [3.63, 3.8) is 0 Å². The van der Waals surface area contributed by atoms with Crippen LogP contribution >= 0.6 is 0 Å². The second kappa shape index (κ2) is 4.52.